The molecule has 3 nitrogen and oxygen atoms in total. The fourth-order valence-corrected chi connectivity index (χ4v) is 4.51. The number of aryl methyl sites for hydroxylation is 1. The van der Waals surface area contributed by atoms with Crippen molar-refractivity contribution in [1.82, 2.24) is 4.98 Å². The van der Waals surface area contributed by atoms with Crippen molar-refractivity contribution in [3.63, 3.8) is 0 Å². The van der Waals surface area contributed by atoms with Gasteiger partial charge in [-0.05, 0) is 78.5 Å². The fraction of sp³-hybridized carbons (Fsp3) is 0.0952. The minimum absolute atomic E-state index is 0.804. The van der Waals surface area contributed by atoms with Crippen molar-refractivity contribution in [2.75, 3.05) is 10.5 Å². The lowest BCUT2D eigenvalue weighted by molar-refractivity contribution is 1.42. The number of nitrogens with one attached hydrogen (secondary N) is 1. The summed E-state index contributed by atoms with van der Waals surface area (Å²) in [4.78, 5) is 4.74. The van der Waals surface area contributed by atoms with E-state index in [4.69, 9.17) is 10.7 Å². The van der Waals surface area contributed by atoms with Crippen LogP contribution in [0.1, 0.15) is 11.1 Å². The van der Waals surface area contributed by atoms with E-state index < -0.39 is 0 Å². The lowest BCUT2D eigenvalue weighted by Gasteiger charge is -2.06. The van der Waals surface area contributed by atoms with Crippen LogP contribution in [0.5, 0.6) is 0 Å². The van der Waals surface area contributed by atoms with E-state index in [0.29, 0.717) is 0 Å². The molecule has 0 saturated carbocycles. The monoisotopic (exact) mass is 377 g/mol. The number of hydrogen-bond acceptors (Lipinski definition) is 5. The van der Waals surface area contributed by atoms with Gasteiger partial charge in [0, 0.05) is 22.7 Å². The van der Waals surface area contributed by atoms with Crippen LogP contribution in [0, 0.1) is 6.92 Å². The predicted molar refractivity (Wildman–Crippen MR) is 116 cm³/mol. The Balaban J connectivity index is 1.42. The lowest BCUT2D eigenvalue weighted by Crippen LogP contribution is -1.91. The Hall–Kier alpha value is -2.50. The van der Waals surface area contributed by atoms with E-state index in [1.807, 2.05) is 18.2 Å². The number of hydrogen-bond donors (Lipinski definition) is 2. The zero-order valence-electron chi connectivity index (χ0n) is 14.4. The first-order chi connectivity index (χ1) is 12.7. The number of aromatic nitrogens is 1. The second-order valence-electron chi connectivity index (χ2n) is 6.20. The molecule has 5 heteroatoms. The van der Waals surface area contributed by atoms with E-state index in [0.717, 1.165) is 33.2 Å². The zero-order valence-corrected chi connectivity index (χ0v) is 16.0. The average Bonchev–Trinajstić information content (AvgIpc) is 3.05. The number of thiazole rings is 1. The molecule has 3 N–H and O–H groups in total. The second-order valence-corrected chi connectivity index (χ2v) is 8.02. The van der Waals surface area contributed by atoms with Crippen LogP contribution in [0.2, 0.25) is 0 Å². The summed E-state index contributed by atoms with van der Waals surface area (Å²) >= 11 is 3.39. The molecule has 0 spiro atoms. The number of nitrogens with zero attached hydrogens (tertiary/aromatic N) is 1. The van der Waals surface area contributed by atoms with Gasteiger partial charge >= 0.3 is 0 Å². The molecule has 130 valence electrons. The van der Waals surface area contributed by atoms with E-state index in [2.05, 4.69) is 60.2 Å². The molecule has 0 aliphatic carbocycles. The number of benzene rings is 3. The molecule has 0 unspecified atom stereocenters. The molecular weight excluding hydrogens is 358 g/mol. The van der Waals surface area contributed by atoms with Crippen LogP contribution in [0.15, 0.2) is 66.7 Å². The molecule has 0 fully saturated rings. The number of nitrogen functional groups attached to an aromatic ring is 1. The molecule has 0 aliphatic rings. The van der Waals surface area contributed by atoms with Crippen LogP contribution in [0.4, 0.5) is 11.4 Å². The molecule has 26 heavy (non-hydrogen) atoms. The van der Waals surface area contributed by atoms with Gasteiger partial charge in [-0.3, -0.25) is 0 Å². The van der Waals surface area contributed by atoms with Gasteiger partial charge in [0.25, 0.3) is 0 Å². The summed E-state index contributed by atoms with van der Waals surface area (Å²) in [6, 6.07) is 22.8. The number of anilines is 2. The molecule has 0 atom stereocenters. The molecule has 0 aliphatic heterocycles. The molecule has 1 aromatic heterocycles. The van der Waals surface area contributed by atoms with E-state index in [-0.39, 0.29) is 0 Å². The maximum absolute atomic E-state index is 5.81. The Morgan fingerprint density at radius 1 is 1.04 bits per heavy atom. The molecule has 1 heterocycles. The Morgan fingerprint density at radius 3 is 2.69 bits per heavy atom. The first-order valence-electron chi connectivity index (χ1n) is 8.37. The Bertz CT molecular complexity index is 1040. The molecule has 0 bridgehead atoms. The van der Waals surface area contributed by atoms with Crippen molar-refractivity contribution in [2.24, 2.45) is 0 Å². The van der Waals surface area contributed by atoms with Gasteiger partial charge in [-0.25, -0.2) is 4.98 Å². The Labute approximate surface area is 161 Å². The first kappa shape index (κ1) is 16.9. The van der Waals surface area contributed by atoms with Crippen molar-refractivity contribution < 1.29 is 0 Å². The van der Waals surface area contributed by atoms with Gasteiger partial charge in [0.05, 0.1) is 10.2 Å². The van der Waals surface area contributed by atoms with Gasteiger partial charge in [0.2, 0.25) is 0 Å². The van der Waals surface area contributed by atoms with Crippen molar-refractivity contribution in [1.29, 1.82) is 0 Å². The topological polar surface area (TPSA) is 50.9 Å². The third-order valence-corrected chi connectivity index (χ3v) is 5.98. The van der Waals surface area contributed by atoms with Crippen molar-refractivity contribution in [2.45, 2.75) is 12.7 Å². The fourth-order valence-electron chi connectivity index (χ4n) is 2.72. The van der Waals surface area contributed by atoms with Crippen LogP contribution < -0.4 is 10.5 Å². The second kappa shape index (κ2) is 7.40. The van der Waals surface area contributed by atoms with Gasteiger partial charge in [-0.1, -0.05) is 18.2 Å². The van der Waals surface area contributed by atoms with Crippen molar-refractivity contribution in [3.05, 3.63) is 77.9 Å². The van der Waals surface area contributed by atoms with Crippen molar-refractivity contribution in [3.8, 4) is 10.6 Å². The summed E-state index contributed by atoms with van der Waals surface area (Å²) in [7, 11) is 0. The molecule has 0 saturated heterocycles. The normalized spacial score (nSPS) is 11.0. The molecule has 4 rings (SSSR count). The maximum Gasteiger partial charge on any atom is 0.124 e. The van der Waals surface area contributed by atoms with E-state index in [1.54, 1.807) is 23.3 Å². The molecular formula is C21H19N3S2. The maximum atomic E-state index is 5.81. The van der Waals surface area contributed by atoms with E-state index in [9.17, 15) is 0 Å². The minimum Gasteiger partial charge on any atom is -0.399 e. The number of fused-ring (bicyclic) bond motifs is 1. The number of nitrogens with two attached hydrogens (primary N) is 1. The number of rotatable bonds is 5. The van der Waals surface area contributed by atoms with Crippen molar-refractivity contribution >= 4 is 44.9 Å². The smallest absolute Gasteiger partial charge is 0.124 e. The highest BCUT2D eigenvalue weighted by Gasteiger charge is 2.06. The highest BCUT2D eigenvalue weighted by Crippen LogP contribution is 2.31. The molecule has 4 aromatic rings. The molecule has 0 radical (unpaired) electrons. The van der Waals surface area contributed by atoms with Gasteiger partial charge in [0.1, 0.15) is 5.01 Å². The summed E-state index contributed by atoms with van der Waals surface area (Å²) in [5, 5.41) is 1.06. The highest BCUT2D eigenvalue weighted by molar-refractivity contribution is 7.99. The third-order valence-electron chi connectivity index (χ3n) is 4.06. The third kappa shape index (κ3) is 3.84. The quantitative estimate of drug-likeness (QED) is 0.325. The lowest BCUT2D eigenvalue weighted by atomic mass is 10.2. The molecule has 0 amide bonds. The van der Waals surface area contributed by atoms with Crippen LogP contribution in [0.3, 0.4) is 0 Å². The first-order valence-corrected chi connectivity index (χ1v) is 10.2. The van der Waals surface area contributed by atoms with Gasteiger partial charge in [-0.15, -0.1) is 11.3 Å². The van der Waals surface area contributed by atoms with E-state index in [1.165, 1.54) is 15.8 Å². The van der Waals surface area contributed by atoms with E-state index >= 15 is 0 Å². The van der Waals surface area contributed by atoms with Crippen LogP contribution in [-0.4, -0.2) is 4.98 Å². The largest absolute Gasteiger partial charge is 0.399 e. The summed E-state index contributed by atoms with van der Waals surface area (Å²) in [5.74, 6) is 0.865. The van der Waals surface area contributed by atoms with Crippen LogP contribution in [0.25, 0.3) is 20.8 Å². The summed E-state index contributed by atoms with van der Waals surface area (Å²) < 4.78 is 4.62. The Morgan fingerprint density at radius 2 is 1.88 bits per heavy atom. The van der Waals surface area contributed by atoms with Gasteiger partial charge in [0.15, 0.2) is 0 Å². The van der Waals surface area contributed by atoms with Crippen LogP contribution >= 0.6 is 23.3 Å². The van der Waals surface area contributed by atoms with Gasteiger partial charge in [-0.2, -0.15) is 0 Å². The average molecular weight is 378 g/mol. The van der Waals surface area contributed by atoms with Gasteiger partial charge < -0.3 is 10.5 Å². The SMILES string of the molecule is Cc1ccc2nc(-c3ccc(NSCc4cccc(N)c4)cc3)sc2c1. The predicted octanol–water partition coefficient (Wildman–Crippen LogP) is 6.11. The molecule has 3 aromatic carbocycles. The highest BCUT2D eigenvalue weighted by atomic mass is 32.2. The van der Waals surface area contributed by atoms with Crippen LogP contribution in [-0.2, 0) is 5.75 Å². The summed E-state index contributed by atoms with van der Waals surface area (Å²) in [6.07, 6.45) is 0. The minimum atomic E-state index is 0.804. The summed E-state index contributed by atoms with van der Waals surface area (Å²) in [5.41, 5.74) is 12.4. The zero-order chi connectivity index (χ0) is 17.9. The Kier molecular flexibility index (Phi) is 4.82. The standard InChI is InChI=1S/C21H19N3S2/c1-14-5-10-19-20(11-14)26-21(23-19)16-6-8-18(9-7-16)24-25-13-15-3-2-4-17(22)12-15/h2-12,24H,13,22H2,1H3. The summed E-state index contributed by atoms with van der Waals surface area (Å²) in [6.45, 7) is 2.11.